The lowest BCUT2D eigenvalue weighted by atomic mass is 10.0. The summed E-state index contributed by atoms with van der Waals surface area (Å²) in [6.07, 6.45) is 6.80. The molecule has 0 aliphatic carbocycles. The van der Waals surface area contributed by atoms with E-state index in [9.17, 15) is 4.79 Å². The van der Waals surface area contributed by atoms with Gasteiger partial charge in [-0.3, -0.25) is 9.69 Å². The van der Waals surface area contributed by atoms with Gasteiger partial charge in [0.25, 0.3) is 5.91 Å². The lowest BCUT2D eigenvalue weighted by Gasteiger charge is -2.26. The maximum Gasteiger partial charge on any atom is 0.264 e. The third-order valence-electron chi connectivity index (χ3n) is 6.35. The number of hydrogen-bond acceptors (Lipinski definition) is 7. The van der Waals surface area contributed by atoms with Gasteiger partial charge in [-0.15, -0.1) is 22.7 Å². The van der Waals surface area contributed by atoms with E-state index in [1.807, 2.05) is 34.8 Å². The summed E-state index contributed by atoms with van der Waals surface area (Å²) in [6.45, 7) is 5.86. The number of aromatic amines is 1. The van der Waals surface area contributed by atoms with E-state index in [2.05, 4.69) is 33.1 Å². The van der Waals surface area contributed by atoms with Crippen LogP contribution >= 0.6 is 22.7 Å². The van der Waals surface area contributed by atoms with E-state index >= 15 is 0 Å². The van der Waals surface area contributed by atoms with E-state index in [0.717, 1.165) is 71.4 Å². The van der Waals surface area contributed by atoms with Crippen molar-refractivity contribution in [1.82, 2.24) is 24.8 Å². The Labute approximate surface area is 205 Å². The van der Waals surface area contributed by atoms with Crippen LogP contribution in [-0.2, 0) is 11.3 Å². The summed E-state index contributed by atoms with van der Waals surface area (Å²) in [5.41, 5.74) is 4.88. The molecule has 2 aliphatic rings. The number of thiophene rings is 2. The molecule has 0 saturated carbocycles. The fraction of sp³-hybridized carbons (Fsp3) is 0.320. The average Bonchev–Trinajstić information content (AvgIpc) is 3.65. The summed E-state index contributed by atoms with van der Waals surface area (Å²) in [7, 11) is 0. The molecule has 0 bridgehead atoms. The molecule has 0 unspecified atom stereocenters. The topological polar surface area (TPSA) is 74.4 Å². The first-order chi connectivity index (χ1) is 16.7. The number of nitrogens with zero attached hydrogens (tertiary/aromatic N) is 4. The third kappa shape index (κ3) is 4.32. The van der Waals surface area contributed by atoms with E-state index in [1.54, 1.807) is 11.3 Å². The van der Waals surface area contributed by atoms with Crippen LogP contribution in [0, 0.1) is 0 Å². The van der Waals surface area contributed by atoms with E-state index in [4.69, 9.17) is 9.72 Å². The molecule has 4 aromatic rings. The normalized spacial score (nSPS) is 17.3. The Hall–Kier alpha value is -2.85. The van der Waals surface area contributed by atoms with Gasteiger partial charge in [-0.05, 0) is 35.6 Å². The van der Waals surface area contributed by atoms with Crippen molar-refractivity contribution in [3.63, 3.8) is 0 Å². The van der Waals surface area contributed by atoms with Crippen LogP contribution in [0.15, 0.2) is 48.1 Å². The Kier molecular flexibility index (Phi) is 6.00. The lowest BCUT2D eigenvalue weighted by Crippen LogP contribution is -2.35. The van der Waals surface area contributed by atoms with Crippen LogP contribution in [-0.4, -0.2) is 70.1 Å². The number of morpholine rings is 1. The molecular weight excluding hydrogens is 466 g/mol. The maximum atomic E-state index is 12.7. The zero-order chi connectivity index (χ0) is 22.9. The minimum Gasteiger partial charge on any atom is -0.379 e. The number of nitrogens with one attached hydrogen (secondary N) is 1. The van der Waals surface area contributed by atoms with E-state index < -0.39 is 0 Å². The van der Waals surface area contributed by atoms with Crippen molar-refractivity contribution < 1.29 is 9.53 Å². The Morgan fingerprint density at radius 3 is 2.88 bits per heavy atom. The molecule has 1 fully saturated rings. The number of hydrogen-bond donors (Lipinski definition) is 1. The highest BCUT2D eigenvalue weighted by molar-refractivity contribution is 7.15. The van der Waals surface area contributed by atoms with Gasteiger partial charge in [0.2, 0.25) is 0 Å². The molecule has 0 aromatic carbocycles. The average molecular weight is 492 g/mol. The second-order valence-corrected chi connectivity index (χ2v) is 10.6. The van der Waals surface area contributed by atoms with Crippen molar-refractivity contribution in [3.8, 4) is 10.6 Å². The highest BCUT2D eigenvalue weighted by Crippen LogP contribution is 2.32. The first-order valence-corrected chi connectivity index (χ1v) is 13.2. The SMILES string of the molecule is O=C(c1cccs1)N1CC=C(c2c[nH]c3ncc(-c4ccc(CN5CCOCC5)s4)nc23)CC1. The summed E-state index contributed by atoms with van der Waals surface area (Å²) in [5.74, 6) is 0.108. The predicted octanol–water partition coefficient (Wildman–Crippen LogP) is 4.51. The zero-order valence-electron chi connectivity index (χ0n) is 18.7. The monoisotopic (exact) mass is 491 g/mol. The van der Waals surface area contributed by atoms with Crippen LogP contribution < -0.4 is 0 Å². The molecule has 0 spiro atoms. The molecule has 6 rings (SSSR count). The number of aromatic nitrogens is 3. The number of carbonyl (C=O) groups is 1. The molecule has 6 heterocycles. The lowest BCUT2D eigenvalue weighted by molar-refractivity contribution is 0.0346. The van der Waals surface area contributed by atoms with Gasteiger partial charge >= 0.3 is 0 Å². The van der Waals surface area contributed by atoms with Gasteiger partial charge in [-0.1, -0.05) is 12.1 Å². The first-order valence-electron chi connectivity index (χ1n) is 11.5. The molecule has 0 atom stereocenters. The fourth-order valence-electron chi connectivity index (χ4n) is 4.49. The van der Waals surface area contributed by atoms with Gasteiger partial charge < -0.3 is 14.6 Å². The van der Waals surface area contributed by atoms with Crippen molar-refractivity contribution in [3.05, 3.63) is 63.4 Å². The zero-order valence-corrected chi connectivity index (χ0v) is 20.3. The molecular formula is C25H25N5O2S2. The van der Waals surface area contributed by atoms with Crippen LogP contribution in [0.25, 0.3) is 27.3 Å². The van der Waals surface area contributed by atoms with Gasteiger partial charge in [-0.25, -0.2) is 9.97 Å². The van der Waals surface area contributed by atoms with Crippen molar-refractivity contribution in [2.45, 2.75) is 13.0 Å². The van der Waals surface area contributed by atoms with Crippen LogP contribution in [0.1, 0.15) is 26.5 Å². The van der Waals surface area contributed by atoms with Gasteiger partial charge in [0.1, 0.15) is 5.52 Å². The van der Waals surface area contributed by atoms with Crippen molar-refractivity contribution in [2.24, 2.45) is 0 Å². The Bertz CT molecular complexity index is 1330. The standard InChI is InChI=1S/C25H25N5O2S2/c31-25(22-2-1-13-33-22)30-7-5-17(6-8-30)19-14-26-24-23(19)28-20(15-27-24)21-4-3-18(34-21)16-29-9-11-32-12-10-29/h1-5,13-15H,6-12,16H2,(H,26,27). The third-order valence-corrected chi connectivity index (χ3v) is 8.30. The fourth-order valence-corrected chi connectivity index (χ4v) is 6.18. The molecule has 174 valence electrons. The van der Waals surface area contributed by atoms with Crippen LogP contribution in [0.2, 0.25) is 0 Å². The highest BCUT2D eigenvalue weighted by atomic mass is 32.1. The molecule has 1 amide bonds. The van der Waals surface area contributed by atoms with E-state index in [1.165, 1.54) is 21.8 Å². The number of ether oxygens (including phenoxy) is 1. The first kappa shape index (κ1) is 21.7. The summed E-state index contributed by atoms with van der Waals surface area (Å²) in [5, 5.41) is 1.94. The van der Waals surface area contributed by atoms with Crippen LogP contribution in [0.4, 0.5) is 0 Å². The quantitative estimate of drug-likeness (QED) is 0.445. The molecule has 2 aliphatic heterocycles. The Morgan fingerprint density at radius 2 is 2.09 bits per heavy atom. The minimum absolute atomic E-state index is 0.108. The molecule has 34 heavy (non-hydrogen) atoms. The largest absolute Gasteiger partial charge is 0.379 e. The molecule has 7 nitrogen and oxygen atoms in total. The van der Waals surface area contributed by atoms with Crippen LogP contribution in [0.5, 0.6) is 0 Å². The molecule has 9 heteroatoms. The molecule has 1 saturated heterocycles. The van der Waals surface area contributed by atoms with E-state index in [-0.39, 0.29) is 5.91 Å². The molecule has 4 aromatic heterocycles. The summed E-state index contributed by atoms with van der Waals surface area (Å²) >= 11 is 3.27. The van der Waals surface area contributed by atoms with Gasteiger partial charge in [-0.2, -0.15) is 0 Å². The molecule has 1 N–H and O–H groups in total. The second-order valence-electron chi connectivity index (χ2n) is 8.52. The highest BCUT2D eigenvalue weighted by Gasteiger charge is 2.22. The van der Waals surface area contributed by atoms with Crippen LogP contribution in [0.3, 0.4) is 0 Å². The number of fused-ring (bicyclic) bond motifs is 1. The number of H-pyrrole nitrogens is 1. The van der Waals surface area contributed by atoms with Crippen molar-refractivity contribution in [2.75, 3.05) is 39.4 Å². The number of carbonyl (C=O) groups excluding carboxylic acids is 1. The van der Waals surface area contributed by atoms with E-state index in [0.29, 0.717) is 13.1 Å². The summed E-state index contributed by atoms with van der Waals surface area (Å²) in [6, 6.07) is 8.16. The second kappa shape index (κ2) is 9.42. The number of amides is 1. The van der Waals surface area contributed by atoms with Crippen molar-refractivity contribution in [1.29, 1.82) is 0 Å². The van der Waals surface area contributed by atoms with Gasteiger partial charge in [0.15, 0.2) is 5.65 Å². The van der Waals surface area contributed by atoms with Gasteiger partial charge in [0.05, 0.1) is 34.9 Å². The van der Waals surface area contributed by atoms with Gasteiger partial charge in [0, 0.05) is 49.4 Å². The van der Waals surface area contributed by atoms with Crippen molar-refractivity contribution >= 4 is 45.3 Å². The molecule has 0 radical (unpaired) electrons. The summed E-state index contributed by atoms with van der Waals surface area (Å²) in [4.78, 5) is 33.2. The predicted molar refractivity (Wildman–Crippen MR) is 136 cm³/mol. The Balaban J connectivity index is 1.21. The summed E-state index contributed by atoms with van der Waals surface area (Å²) < 4.78 is 5.46. The maximum absolute atomic E-state index is 12.7. The number of rotatable bonds is 5. The minimum atomic E-state index is 0.108. The smallest absolute Gasteiger partial charge is 0.264 e. The Morgan fingerprint density at radius 1 is 1.18 bits per heavy atom.